The number of hydrogen-bond donors (Lipinski definition) is 1. The van der Waals surface area contributed by atoms with Gasteiger partial charge in [-0.1, -0.05) is 58.8 Å². The third-order valence-electron chi connectivity index (χ3n) is 3.86. The summed E-state index contributed by atoms with van der Waals surface area (Å²) in [6, 6.07) is 4.94. The molecule has 0 aliphatic rings. The number of unbranched alkanes of at least 4 members (excludes halogenated alkanes) is 7. The van der Waals surface area contributed by atoms with Crippen molar-refractivity contribution in [1.29, 1.82) is 0 Å². The number of phenolic OH excluding ortho intramolecular Hbond substituents is 1. The minimum atomic E-state index is -0.0490. The van der Waals surface area contributed by atoms with Gasteiger partial charge in [-0.05, 0) is 18.6 Å². The average molecular weight is 306 g/mol. The van der Waals surface area contributed by atoms with Crippen molar-refractivity contribution in [3.63, 3.8) is 0 Å². The average Bonchev–Trinajstić information content (AvgIpc) is 2.52. The van der Waals surface area contributed by atoms with E-state index in [0.29, 0.717) is 24.3 Å². The van der Waals surface area contributed by atoms with Gasteiger partial charge in [0, 0.05) is 12.5 Å². The Morgan fingerprint density at radius 3 is 2.23 bits per heavy atom. The van der Waals surface area contributed by atoms with E-state index in [1.54, 1.807) is 19.1 Å². The van der Waals surface area contributed by atoms with Gasteiger partial charge in [-0.2, -0.15) is 0 Å². The molecule has 0 saturated carbocycles. The Labute approximate surface area is 134 Å². The van der Waals surface area contributed by atoms with Crippen LogP contribution in [-0.4, -0.2) is 17.5 Å². The highest BCUT2D eigenvalue weighted by Crippen LogP contribution is 2.25. The molecule has 0 heterocycles. The van der Waals surface area contributed by atoms with Gasteiger partial charge in [0.15, 0.2) is 5.78 Å². The Morgan fingerprint density at radius 2 is 1.64 bits per heavy atom. The van der Waals surface area contributed by atoms with E-state index < -0.39 is 0 Å². The van der Waals surface area contributed by atoms with E-state index in [-0.39, 0.29) is 11.5 Å². The highest BCUT2D eigenvalue weighted by molar-refractivity contribution is 5.98. The standard InChI is InChI=1S/C19H30O3/c1-3-5-6-7-8-9-10-11-14-22-16-12-13-17(18(20)4-2)19(21)15-16/h12-13,15,21H,3-11,14H2,1-2H3. The maximum atomic E-state index is 11.6. The van der Waals surface area contributed by atoms with Crippen LogP contribution in [-0.2, 0) is 0 Å². The van der Waals surface area contributed by atoms with Crippen LogP contribution >= 0.6 is 0 Å². The number of phenols is 1. The quantitative estimate of drug-likeness (QED) is 0.409. The van der Waals surface area contributed by atoms with Gasteiger partial charge < -0.3 is 9.84 Å². The van der Waals surface area contributed by atoms with E-state index >= 15 is 0 Å². The maximum Gasteiger partial charge on any atom is 0.166 e. The first-order valence-corrected chi connectivity index (χ1v) is 8.68. The van der Waals surface area contributed by atoms with Crippen LogP contribution in [0, 0.1) is 0 Å². The first kappa shape index (κ1) is 18.5. The lowest BCUT2D eigenvalue weighted by molar-refractivity contribution is 0.0985. The van der Waals surface area contributed by atoms with Crippen LogP contribution in [0.1, 0.15) is 82.0 Å². The van der Waals surface area contributed by atoms with E-state index in [2.05, 4.69) is 6.92 Å². The molecule has 0 atom stereocenters. The number of Topliss-reactive ketones (excluding diaryl/α,β-unsaturated/α-hetero) is 1. The summed E-state index contributed by atoms with van der Waals surface area (Å²) in [6.45, 7) is 4.68. The van der Waals surface area contributed by atoms with E-state index in [9.17, 15) is 9.90 Å². The van der Waals surface area contributed by atoms with Gasteiger partial charge in [0.05, 0.1) is 12.2 Å². The largest absolute Gasteiger partial charge is 0.507 e. The van der Waals surface area contributed by atoms with Crippen LogP contribution in [0.15, 0.2) is 18.2 Å². The maximum absolute atomic E-state index is 11.6. The second-order valence-electron chi connectivity index (χ2n) is 5.78. The van der Waals surface area contributed by atoms with Crippen LogP contribution in [0.2, 0.25) is 0 Å². The molecule has 0 spiro atoms. The molecule has 1 N–H and O–H groups in total. The van der Waals surface area contributed by atoms with Gasteiger partial charge in [0.2, 0.25) is 0 Å². The molecule has 22 heavy (non-hydrogen) atoms. The molecule has 0 aromatic heterocycles. The highest BCUT2D eigenvalue weighted by atomic mass is 16.5. The zero-order chi connectivity index (χ0) is 16.2. The molecular formula is C19H30O3. The summed E-state index contributed by atoms with van der Waals surface area (Å²) in [4.78, 5) is 11.6. The molecule has 0 aliphatic carbocycles. The Morgan fingerprint density at radius 1 is 1.00 bits per heavy atom. The second-order valence-corrected chi connectivity index (χ2v) is 5.78. The number of rotatable bonds is 12. The van der Waals surface area contributed by atoms with Crippen LogP contribution in [0.3, 0.4) is 0 Å². The number of carbonyl (C=O) groups excluding carboxylic acids is 1. The van der Waals surface area contributed by atoms with Gasteiger partial charge >= 0.3 is 0 Å². The zero-order valence-electron chi connectivity index (χ0n) is 14.1. The van der Waals surface area contributed by atoms with Crippen LogP contribution < -0.4 is 4.74 Å². The predicted octanol–water partition coefficient (Wildman–Crippen LogP) is 5.50. The van der Waals surface area contributed by atoms with Crippen LogP contribution in [0.5, 0.6) is 11.5 Å². The Kier molecular flexibility index (Phi) is 9.36. The van der Waals surface area contributed by atoms with Crippen molar-refractivity contribution < 1.29 is 14.6 Å². The summed E-state index contributed by atoms with van der Waals surface area (Å²) in [5, 5.41) is 9.84. The monoisotopic (exact) mass is 306 g/mol. The Bertz CT molecular complexity index is 440. The van der Waals surface area contributed by atoms with E-state index in [0.717, 1.165) is 6.42 Å². The molecule has 124 valence electrons. The lowest BCUT2D eigenvalue weighted by Crippen LogP contribution is -2.00. The van der Waals surface area contributed by atoms with Gasteiger partial charge in [0.25, 0.3) is 0 Å². The number of benzene rings is 1. The predicted molar refractivity (Wildman–Crippen MR) is 90.8 cm³/mol. The van der Waals surface area contributed by atoms with Crippen molar-refractivity contribution in [3.05, 3.63) is 23.8 Å². The first-order valence-electron chi connectivity index (χ1n) is 8.68. The van der Waals surface area contributed by atoms with Crippen molar-refractivity contribution >= 4 is 5.78 Å². The number of carbonyl (C=O) groups is 1. The van der Waals surface area contributed by atoms with Crippen LogP contribution in [0.4, 0.5) is 0 Å². The van der Waals surface area contributed by atoms with Gasteiger partial charge in [0.1, 0.15) is 11.5 Å². The lowest BCUT2D eigenvalue weighted by Gasteiger charge is -2.08. The molecule has 0 amide bonds. The summed E-state index contributed by atoms with van der Waals surface area (Å²) < 4.78 is 5.63. The highest BCUT2D eigenvalue weighted by Gasteiger charge is 2.09. The third kappa shape index (κ3) is 6.97. The summed E-state index contributed by atoms with van der Waals surface area (Å²) in [5.41, 5.74) is 0.377. The molecule has 0 aliphatic heterocycles. The number of aromatic hydroxyl groups is 1. The van der Waals surface area contributed by atoms with Crippen molar-refractivity contribution in [3.8, 4) is 11.5 Å². The number of ketones is 1. The summed E-state index contributed by atoms with van der Waals surface area (Å²) >= 11 is 0. The fourth-order valence-corrected chi connectivity index (χ4v) is 2.45. The summed E-state index contributed by atoms with van der Waals surface area (Å²) in [5.74, 6) is 0.598. The van der Waals surface area contributed by atoms with Crippen molar-refractivity contribution in [1.82, 2.24) is 0 Å². The molecular weight excluding hydrogens is 276 g/mol. The topological polar surface area (TPSA) is 46.5 Å². The molecule has 1 aromatic carbocycles. The van der Waals surface area contributed by atoms with Gasteiger partial charge in [-0.15, -0.1) is 0 Å². The Hall–Kier alpha value is -1.51. The van der Waals surface area contributed by atoms with Gasteiger partial charge in [-0.25, -0.2) is 0 Å². The molecule has 1 aromatic rings. The minimum Gasteiger partial charge on any atom is -0.507 e. The SMILES string of the molecule is CCCCCCCCCCOc1ccc(C(=O)CC)c(O)c1. The fraction of sp³-hybridized carbons (Fsp3) is 0.632. The van der Waals surface area contributed by atoms with Crippen molar-refractivity contribution in [2.75, 3.05) is 6.61 Å². The van der Waals surface area contributed by atoms with Gasteiger partial charge in [-0.3, -0.25) is 4.79 Å². The zero-order valence-corrected chi connectivity index (χ0v) is 14.1. The molecule has 3 nitrogen and oxygen atoms in total. The molecule has 0 unspecified atom stereocenters. The summed E-state index contributed by atoms with van der Waals surface area (Å²) in [7, 11) is 0. The number of hydrogen-bond acceptors (Lipinski definition) is 3. The van der Waals surface area contributed by atoms with Crippen molar-refractivity contribution in [2.45, 2.75) is 71.6 Å². The van der Waals surface area contributed by atoms with Crippen LogP contribution in [0.25, 0.3) is 0 Å². The lowest BCUT2D eigenvalue weighted by atomic mass is 10.1. The fourth-order valence-electron chi connectivity index (χ4n) is 2.45. The van der Waals surface area contributed by atoms with E-state index in [1.807, 2.05) is 0 Å². The number of ether oxygens (including phenoxy) is 1. The first-order chi connectivity index (χ1) is 10.7. The molecule has 0 saturated heterocycles. The second kappa shape index (κ2) is 11.1. The molecule has 0 fully saturated rings. The summed E-state index contributed by atoms with van der Waals surface area (Å²) in [6.07, 6.45) is 10.5. The Balaban J connectivity index is 2.17. The van der Waals surface area contributed by atoms with E-state index in [1.165, 1.54) is 51.0 Å². The normalized spacial score (nSPS) is 10.6. The molecule has 1 rings (SSSR count). The van der Waals surface area contributed by atoms with Crippen molar-refractivity contribution in [2.24, 2.45) is 0 Å². The smallest absolute Gasteiger partial charge is 0.166 e. The van der Waals surface area contributed by atoms with E-state index in [4.69, 9.17) is 4.74 Å². The third-order valence-corrected chi connectivity index (χ3v) is 3.86. The minimum absolute atomic E-state index is 0.0141. The molecule has 0 bridgehead atoms. The molecule has 3 heteroatoms. The molecule has 0 radical (unpaired) electrons.